The fourth-order valence-corrected chi connectivity index (χ4v) is 5.64. The first kappa shape index (κ1) is 13.5. The zero-order chi connectivity index (χ0) is 16.5. The van der Waals surface area contributed by atoms with Crippen LogP contribution in [0.15, 0.2) is 65.5 Å². The molecule has 6 rings (SSSR count). The number of thiophene rings is 1. The van der Waals surface area contributed by atoms with Gasteiger partial charge in [-0.1, -0.05) is 41.7 Å². The topological polar surface area (TPSA) is 34.4 Å². The Balaban J connectivity index is 1.87. The molecule has 0 bridgehead atoms. The molecular weight excluding hydrogens is 348 g/mol. The van der Waals surface area contributed by atoms with Crippen molar-refractivity contribution < 1.29 is 0 Å². The van der Waals surface area contributed by atoms with Crippen LogP contribution in [-0.2, 0) is 0 Å². The van der Waals surface area contributed by atoms with Gasteiger partial charge in [-0.3, -0.25) is 4.79 Å². The predicted octanol–water partition coefficient (Wildman–Crippen LogP) is 5.43. The van der Waals surface area contributed by atoms with Crippen LogP contribution < -0.4 is 5.56 Å². The van der Waals surface area contributed by atoms with Crippen LogP contribution in [0.4, 0.5) is 0 Å². The zero-order valence-electron chi connectivity index (χ0n) is 12.9. The molecule has 0 aliphatic rings. The van der Waals surface area contributed by atoms with E-state index in [2.05, 4.69) is 36.4 Å². The van der Waals surface area contributed by atoms with E-state index in [1.54, 1.807) is 27.1 Å². The van der Waals surface area contributed by atoms with Crippen LogP contribution in [0.25, 0.3) is 46.3 Å². The molecule has 0 spiro atoms. The van der Waals surface area contributed by atoms with Gasteiger partial charge in [0, 0.05) is 24.9 Å². The highest BCUT2D eigenvalue weighted by molar-refractivity contribution is 7.26. The second-order valence-corrected chi connectivity index (χ2v) is 8.16. The van der Waals surface area contributed by atoms with E-state index in [0.29, 0.717) is 0 Å². The van der Waals surface area contributed by atoms with E-state index in [4.69, 9.17) is 4.98 Å². The van der Waals surface area contributed by atoms with Crippen molar-refractivity contribution in [2.24, 2.45) is 0 Å². The lowest BCUT2D eigenvalue weighted by Gasteiger charge is -1.99. The standard InChI is InChI=1S/C20H10N2OS2/c23-19-12-6-2-4-8-17(12)25-20-21-14-10-18-13(9-15(14)22(19)20)11-5-1-3-7-16(11)24-18/h1-10H. The largest absolute Gasteiger partial charge is 0.268 e. The number of rotatable bonds is 0. The Bertz CT molecular complexity index is 1520. The summed E-state index contributed by atoms with van der Waals surface area (Å²) in [6.45, 7) is 0. The lowest BCUT2D eigenvalue weighted by Crippen LogP contribution is -2.11. The molecule has 0 radical (unpaired) electrons. The van der Waals surface area contributed by atoms with E-state index in [1.165, 1.54) is 20.2 Å². The Morgan fingerprint density at radius 1 is 0.760 bits per heavy atom. The van der Waals surface area contributed by atoms with Crippen molar-refractivity contribution in [3.8, 4) is 0 Å². The van der Waals surface area contributed by atoms with Gasteiger partial charge in [-0.05, 0) is 30.3 Å². The summed E-state index contributed by atoms with van der Waals surface area (Å²) < 4.78 is 5.20. The number of hydrogen-bond acceptors (Lipinski definition) is 4. The summed E-state index contributed by atoms with van der Waals surface area (Å²) in [6.07, 6.45) is 0. The van der Waals surface area contributed by atoms with Crippen molar-refractivity contribution in [1.29, 1.82) is 0 Å². The summed E-state index contributed by atoms with van der Waals surface area (Å²) in [5.41, 5.74) is 1.77. The van der Waals surface area contributed by atoms with Gasteiger partial charge in [0.15, 0.2) is 4.96 Å². The Morgan fingerprint density at radius 3 is 2.32 bits per heavy atom. The van der Waals surface area contributed by atoms with Gasteiger partial charge in [0.2, 0.25) is 0 Å². The molecule has 0 aliphatic heterocycles. The third kappa shape index (κ3) is 1.74. The highest BCUT2D eigenvalue weighted by atomic mass is 32.1. The Morgan fingerprint density at radius 2 is 1.48 bits per heavy atom. The van der Waals surface area contributed by atoms with Crippen LogP contribution in [0.3, 0.4) is 0 Å². The minimum absolute atomic E-state index is 0.00531. The average molecular weight is 358 g/mol. The molecule has 5 heteroatoms. The molecular formula is C20H10N2OS2. The van der Waals surface area contributed by atoms with Crippen molar-refractivity contribution in [2.75, 3.05) is 0 Å². The van der Waals surface area contributed by atoms with Gasteiger partial charge in [0.05, 0.1) is 16.4 Å². The van der Waals surface area contributed by atoms with Crippen LogP contribution in [0, 0.1) is 0 Å². The van der Waals surface area contributed by atoms with E-state index in [1.807, 2.05) is 24.3 Å². The molecule has 6 aromatic rings. The molecule has 25 heavy (non-hydrogen) atoms. The third-order valence-electron chi connectivity index (χ3n) is 4.64. The molecule has 0 amide bonds. The lowest BCUT2D eigenvalue weighted by atomic mass is 10.1. The SMILES string of the molecule is O=c1c2ccccc2sc2nc3cc4sc5ccccc5c4cc3n12. The second kappa shape index (κ2) is 4.65. The van der Waals surface area contributed by atoms with E-state index in [0.717, 1.165) is 26.1 Å². The fourth-order valence-electron chi connectivity index (χ4n) is 3.49. The summed E-state index contributed by atoms with van der Waals surface area (Å²) in [6, 6.07) is 20.4. The third-order valence-corrected chi connectivity index (χ3v) is 6.81. The highest BCUT2D eigenvalue weighted by Gasteiger charge is 2.14. The zero-order valence-corrected chi connectivity index (χ0v) is 14.5. The van der Waals surface area contributed by atoms with Crippen molar-refractivity contribution in [2.45, 2.75) is 0 Å². The molecule has 3 nitrogen and oxygen atoms in total. The summed E-state index contributed by atoms with van der Waals surface area (Å²) >= 11 is 3.33. The van der Waals surface area contributed by atoms with E-state index in [9.17, 15) is 4.79 Å². The van der Waals surface area contributed by atoms with E-state index in [-0.39, 0.29) is 5.56 Å². The van der Waals surface area contributed by atoms with Gasteiger partial charge in [-0.15, -0.1) is 11.3 Å². The van der Waals surface area contributed by atoms with Gasteiger partial charge in [-0.25, -0.2) is 9.38 Å². The number of hydrogen-bond donors (Lipinski definition) is 0. The van der Waals surface area contributed by atoms with Crippen LogP contribution in [0.2, 0.25) is 0 Å². The van der Waals surface area contributed by atoms with Crippen molar-refractivity contribution >= 4 is 68.9 Å². The molecule has 0 N–H and O–H groups in total. The van der Waals surface area contributed by atoms with Crippen LogP contribution in [-0.4, -0.2) is 9.38 Å². The molecule has 0 saturated heterocycles. The molecule has 3 aromatic carbocycles. The number of imidazole rings is 1. The lowest BCUT2D eigenvalue weighted by molar-refractivity contribution is 1.20. The number of fused-ring (bicyclic) bond motifs is 7. The molecule has 0 saturated carbocycles. The minimum Gasteiger partial charge on any atom is -0.268 e. The summed E-state index contributed by atoms with van der Waals surface area (Å²) in [5.74, 6) is 0. The number of benzene rings is 3. The Labute approximate surface area is 149 Å². The predicted molar refractivity (Wildman–Crippen MR) is 107 cm³/mol. The first-order valence-corrected chi connectivity index (χ1v) is 9.58. The second-order valence-electron chi connectivity index (χ2n) is 6.07. The smallest absolute Gasteiger partial charge is 0.266 e. The van der Waals surface area contributed by atoms with Gasteiger partial charge in [0.1, 0.15) is 0 Å². The van der Waals surface area contributed by atoms with Crippen molar-refractivity contribution in [1.82, 2.24) is 9.38 Å². The maximum absolute atomic E-state index is 13.0. The Hall–Kier alpha value is -2.76. The molecule has 3 heterocycles. The quantitative estimate of drug-likeness (QED) is 0.363. The number of aromatic nitrogens is 2. The van der Waals surface area contributed by atoms with Crippen molar-refractivity contribution in [3.05, 3.63) is 71.0 Å². The van der Waals surface area contributed by atoms with Crippen LogP contribution in [0.5, 0.6) is 0 Å². The average Bonchev–Trinajstić information content (AvgIpc) is 3.17. The summed E-state index contributed by atoms with van der Waals surface area (Å²) in [7, 11) is 0. The summed E-state index contributed by atoms with van der Waals surface area (Å²) in [5, 5.41) is 3.17. The molecule has 0 aliphatic carbocycles. The highest BCUT2D eigenvalue weighted by Crippen LogP contribution is 2.36. The number of nitrogens with zero attached hydrogens (tertiary/aromatic N) is 2. The normalized spacial score (nSPS) is 12.2. The fraction of sp³-hybridized carbons (Fsp3) is 0. The van der Waals surface area contributed by atoms with Crippen LogP contribution >= 0.6 is 22.7 Å². The minimum atomic E-state index is 0.00531. The molecule has 0 unspecified atom stereocenters. The molecule has 0 atom stereocenters. The van der Waals surface area contributed by atoms with E-state index >= 15 is 0 Å². The van der Waals surface area contributed by atoms with E-state index < -0.39 is 0 Å². The molecule has 3 aromatic heterocycles. The van der Waals surface area contributed by atoms with Gasteiger partial charge in [-0.2, -0.15) is 0 Å². The maximum atomic E-state index is 13.0. The Kier molecular flexibility index (Phi) is 2.52. The maximum Gasteiger partial charge on any atom is 0.266 e. The van der Waals surface area contributed by atoms with Gasteiger partial charge >= 0.3 is 0 Å². The van der Waals surface area contributed by atoms with Crippen molar-refractivity contribution in [3.63, 3.8) is 0 Å². The van der Waals surface area contributed by atoms with Gasteiger partial charge < -0.3 is 0 Å². The summed E-state index contributed by atoms with van der Waals surface area (Å²) in [4.78, 5) is 18.5. The van der Waals surface area contributed by atoms with Gasteiger partial charge in [0.25, 0.3) is 5.56 Å². The first-order valence-electron chi connectivity index (χ1n) is 7.95. The molecule has 118 valence electrons. The molecule has 0 fully saturated rings. The monoisotopic (exact) mass is 358 g/mol. The van der Waals surface area contributed by atoms with Crippen LogP contribution in [0.1, 0.15) is 0 Å². The first-order chi connectivity index (χ1) is 12.3.